The molecule has 0 atom stereocenters. The van der Waals surface area contributed by atoms with Crippen LogP contribution in [0.15, 0.2) is 54.6 Å². The Morgan fingerprint density at radius 3 is 2.60 bits per heavy atom. The Bertz CT molecular complexity index is 1060. The lowest BCUT2D eigenvalue weighted by atomic mass is 10.1. The summed E-state index contributed by atoms with van der Waals surface area (Å²) >= 11 is 13.7. The topological polar surface area (TPSA) is 35.5 Å². The van der Waals surface area contributed by atoms with Crippen LogP contribution >= 0.6 is 34.5 Å². The van der Waals surface area contributed by atoms with E-state index < -0.39 is 0 Å². The fourth-order valence-corrected chi connectivity index (χ4v) is 4.40. The fraction of sp³-hybridized carbons (Fsp3) is 0.208. The molecule has 6 heteroatoms. The summed E-state index contributed by atoms with van der Waals surface area (Å²) < 4.78 is 11.3. The van der Waals surface area contributed by atoms with Crippen LogP contribution in [-0.4, -0.2) is 12.9 Å². The number of hydrogen-bond donors (Lipinski definition) is 0. The van der Waals surface area contributed by atoms with Gasteiger partial charge in [-0.2, -0.15) is 0 Å². The quantitative estimate of drug-likeness (QED) is 0.245. The van der Waals surface area contributed by atoms with Gasteiger partial charge in [0.15, 0.2) is 5.78 Å². The number of carbonyl (C=O) groups is 1. The molecule has 1 heterocycles. The molecule has 0 spiro atoms. The maximum atomic E-state index is 12.5. The van der Waals surface area contributed by atoms with Crippen LogP contribution in [0.1, 0.15) is 39.0 Å². The van der Waals surface area contributed by atoms with Gasteiger partial charge in [0.05, 0.1) is 17.0 Å². The first-order valence-corrected chi connectivity index (χ1v) is 11.1. The van der Waals surface area contributed by atoms with Crippen molar-refractivity contribution in [3.8, 4) is 11.5 Å². The van der Waals surface area contributed by atoms with Crippen molar-refractivity contribution in [1.82, 2.24) is 0 Å². The molecule has 0 fully saturated rings. The molecule has 0 aliphatic rings. The van der Waals surface area contributed by atoms with E-state index in [1.807, 2.05) is 30.3 Å². The van der Waals surface area contributed by atoms with Crippen molar-refractivity contribution in [2.24, 2.45) is 0 Å². The zero-order valence-electron chi connectivity index (χ0n) is 16.8. The molecule has 0 aliphatic heterocycles. The molecule has 0 aliphatic carbocycles. The van der Waals surface area contributed by atoms with E-state index in [4.69, 9.17) is 32.7 Å². The van der Waals surface area contributed by atoms with E-state index in [1.165, 1.54) is 4.88 Å². The third-order valence-corrected chi connectivity index (χ3v) is 6.10. The lowest BCUT2D eigenvalue weighted by Crippen LogP contribution is -2.00. The molecule has 0 radical (unpaired) electrons. The number of hydrogen-bond acceptors (Lipinski definition) is 4. The summed E-state index contributed by atoms with van der Waals surface area (Å²) in [6.45, 7) is 2.40. The molecule has 0 saturated heterocycles. The largest absolute Gasteiger partial charge is 0.496 e. The van der Waals surface area contributed by atoms with Gasteiger partial charge in [0.2, 0.25) is 0 Å². The van der Waals surface area contributed by atoms with E-state index in [2.05, 4.69) is 6.92 Å². The average molecular weight is 461 g/mol. The summed E-state index contributed by atoms with van der Waals surface area (Å²) in [5.41, 5.74) is 1.73. The van der Waals surface area contributed by atoms with E-state index in [-0.39, 0.29) is 12.4 Å². The molecule has 0 amide bonds. The zero-order chi connectivity index (χ0) is 21.5. The minimum absolute atomic E-state index is 0.00363. The maximum Gasteiger partial charge on any atom is 0.195 e. The Balaban J connectivity index is 1.72. The molecule has 30 heavy (non-hydrogen) atoms. The van der Waals surface area contributed by atoms with Gasteiger partial charge in [-0.05, 0) is 60.5 Å². The summed E-state index contributed by atoms with van der Waals surface area (Å²) in [7, 11) is 1.61. The van der Waals surface area contributed by atoms with Crippen LogP contribution in [0.4, 0.5) is 0 Å². The van der Waals surface area contributed by atoms with E-state index in [0.29, 0.717) is 21.5 Å². The van der Waals surface area contributed by atoms with Gasteiger partial charge in [0, 0.05) is 15.5 Å². The molecular weight excluding hydrogens is 439 g/mol. The minimum Gasteiger partial charge on any atom is -0.496 e. The second kappa shape index (κ2) is 10.7. The highest BCUT2D eigenvalue weighted by Gasteiger charge is 2.09. The molecule has 0 saturated carbocycles. The summed E-state index contributed by atoms with van der Waals surface area (Å²) in [5, 5.41) is 0.996. The number of ether oxygens (including phenoxy) is 2. The van der Waals surface area contributed by atoms with Gasteiger partial charge in [-0.15, -0.1) is 11.3 Å². The summed E-state index contributed by atoms with van der Waals surface area (Å²) in [6.07, 6.45) is 5.48. The van der Waals surface area contributed by atoms with Crippen LogP contribution < -0.4 is 9.47 Å². The molecule has 156 valence electrons. The number of benzene rings is 2. The molecule has 0 N–H and O–H groups in total. The standard InChI is InChI=1S/C24H22Cl2O3S/c1-3-4-19-8-12-24(30-19)21(27)9-5-16-6-10-22(28-2)17(13-16)15-29-23-11-7-18(25)14-20(23)26/h5-14H,3-4,15H2,1-2H3/b9-5+. The highest BCUT2D eigenvalue weighted by Crippen LogP contribution is 2.30. The normalized spacial score (nSPS) is 11.1. The molecule has 2 aromatic carbocycles. The smallest absolute Gasteiger partial charge is 0.195 e. The first-order valence-electron chi connectivity index (χ1n) is 9.56. The third-order valence-electron chi connectivity index (χ3n) is 4.41. The van der Waals surface area contributed by atoms with Crippen LogP contribution in [0.25, 0.3) is 6.08 Å². The molecular formula is C24H22Cl2O3S. The summed E-state index contributed by atoms with van der Waals surface area (Å²) in [6, 6.07) is 14.7. The number of ketones is 1. The van der Waals surface area contributed by atoms with Crippen LogP contribution in [0.5, 0.6) is 11.5 Å². The van der Waals surface area contributed by atoms with Gasteiger partial charge >= 0.3 is 0 Å². The maximum absolute atomic E-state index is 12.5. The number of rotatable bonds is 9. The molecule has 3 rings (SSSR count). The third kappa shape index (κ3) is 5.88. The number of halogens is 2. The monoisotopic (exact) mass is 460 g/mol. The van der Waals surface area contributed by atoms with Crippen molar-refractivity contribution in [3.63, 3.8) is 0 Å². The molecule has 0 bridgehead atoms. The Kier molecular flexibility index (Phi) is 7.97. The highest BCUT2D eigenvalue weighted by atomic mass is 35.5. The van der Waals surface area contributed by atoms with Gasteiger partial charge in [-0.25, -0.2) is 0 Å². The summed E-state index contributed by atoms with van der Waals surface area (Å²) in [5.74, 6) is 1.25. The van der Waals surface area contributed by atoms with E-state index in [1.54, 1.807) is 48.8 Å². The van der Waals surface area contributed by atoms with Crippen molar-refractivity contribution >= 4 is 46.4 Å². The number of carbonyl (C=O) groups excluding carboxylic acids is 1. The fourth-order valence-electron chi connectivity index (χ4n) is 2.91. The first kappa shape index (κ1) is 22.4. The van der Waals surface area contributed by atoms with Crippen molar-refractivity contribution in [2.75, 3.05) is 7.11 Å². The average Bonchev–Trinajstić information content (AvgIpc) is 3.20. The number of thiophene rings is 1. The molecule has 3 nitrogen and oxygen atoms in total. The van der Waals surface area contributed by atoms with Gasteiger partial charge in [0.1, 0.15) is 18.1 Å². The van der Waals surface area contributed by atoms with Crippen molar-refractivity contribution in [1.29, 1.82) is 0 Å². The van der Waals surface area contributed by atoms with Gasteiger partial charge in [-0.1, -0.05) is 48.7 Å². The van der Waals surface area contributed by atoms with E-state index in [9.17, 15) is 4.79 Å². The number of allylic oxidation sites excluding steroid dienone is 1. The number of aryl methyl sites for hydroxylation is 1. The van der Waals surface area contributed by atoms with Crippen molar-refractivity contribution in [3.05, 3.63) is 85.5 Å². The van der Waals surface area contributed by atoms with Crippen LogP contribution in [0.2, 0.25) is 10.0 Å². The SMILES string of the molecule is CCCc1ccc(C(=O)/C=C/c2ccc(OC)c(COc3ccc(Cl)cc3Cl)c2)s1. The number of methoxy groups -OCH3 is 1. The predicted molar refractivity (Wildman–Crippen MR) is 125 cm³/mol. The lowest BCUT2D eigenvalue weighted by Gasteiger charge is -2.12. The van der Waals surface area contributed by atoms with Gasteiger partial charge < -0.3 is 9.47 Å². The van der Waals surface area contributed by atoms with Gasteiger partial charge in [0.25, 0.3) is 0 Å². The van der Waals surface area contributed by atoms with Crippen LogP contribution in [0, 0.1) is 0 Å². The Morgan fingerprint density at radius 1 is 1.07 bits per heavy atom. The predicted octanol–water partition coefficient (Wildman–Crippen LogP) is 7.49. The highest BCUT2D eigenvalue weighted by molar-refractivity contribution is 7.14. The van der Waals surface area contributed by atoms with Crippen LogP contribution in [-0.2, 0) is 13.0 Å². The van der Waals surface area contributed by atoms with Crippen molar-refractivity contribution in [2.45, 2.75) is 26.4 Å². The molecule has 3 aromatic rings. The van der Waals surface area contributed by atoms with Crippen molar-refractivity contribution < 1.29 is 14.3 Å². The summed E-state index contributed by atoms with van der Waals surface area (Å²) in [4.78, 5) is 14.5. The molecule has 0 unspecified atom stereocenters. The Labute approximate surface area is 190 Å². The second-order valence-electron chi connectivity index (χ2n) is 6.65. The Hall–Kier alpha value is -2.27. The van der Waals surface area contributed by atoms with Crippen LogP contribution in [0.3, 0.4) is 0 Å². The first-order chi connectivity index (χ1) is 14.5. The minimum atomic E-state index is 0.00363. The van der Waals surface area contributed by atoms with E-state index >= 15 is 0 Å². The Morgan fingerprint density at radius 2 is 1.87 bits per heavy atom. The lowest BCUT2D eigenvalue weighted by molar-refractivity contribution is 0.105. The van der Waals surface area contributed by atoms with E-state index in [0.717, 1.165) is 28.8 Å². The zero-order valence-corrected chi connectivity index (χ0v) is 19.1. The second-order valence-corrected chi connectivity index (χ2v) is 8.66. The van der Waals surface area contributed by atoms with Gasteiger partial charge in [-0.3, -0.25) is 4.79 Å². The molecule has 1 aromatic heterocycles.